The van der Waals surface area contributed by atoms with Crippen molar-refractivity contribution < 1.29 is 0 Å². The van der Waals surface area contributed by atoms with Gasteiger partial charge in [-0.2, -0.15) is 0 Å². The summed E-state index contributed by atoms with van der Waals surface area (Å²) in [5.74, 6) is 0.750. The number of thiophene rings is 1. The summed E-state index contributed by atoms with van der Waals surface area (Å²) in [5, 5.41) is 10.00. The number of hydrogen-bond donors (Lipinski definition) is 2. The minimum Gasteiger partial charge on any atom is -0.314 e. The van der Waals surface area contributed by atoms with Gasteiger partial charge in [-0.25, -0.2) is 9.97 Å². The van der Waals surface area contributed by atoms with Crippen molar-refractivity contribution in [3.05, 3.63) is 71.1 Å². The number of fused-ring (bicyclic) bond motifs is 1. The molecule has 0 atom stereocenters. The Hall–Kier alpha value is -3.34. The zero-order chi connectivity index (χ0) is 29.1. The molecule has 4 heterocycles. The van der Waals surface area contributed by atoms with E-state index in [9.17, 15) is 0 Å². The number of nitrogens with zero attached hydrogens (tertiary/aromatic N) is 6. The molecule has 0 aliphatic carbocycles. The number of aromatic nitrogens is 2. The Morgan fingerprint density at radius 3 is 1.77 bits per heavy atom. The Kier molecular flexibility index (Phi) is 10.6. The van der Waals surface area contributed by atoms with Gasteiger partial charge in [0.25, 0.3) is 0 Å². The van der Waals surface area contributed by atoms with Crippen molar-refractivity contribution >= 4 is 34.0 Å². The van der Waals surface area contributed by atoms with E-state index in [1.807, 2.05) is 12.4 Å². The van der Waals surface area contributed by atoms with Crippen LogP contribution in [0.2, 0.25) is 0 Å². The molecule has 2 aliphatic rings. The molecule has 8 nitrogen and oxygen atoms in total. The molecule has 2 aromatic heterocycles. The van der Waals surface area contributed by atoms with Crippen molar-refractivity contribution in [2.24, 2.45) is 9.98 Å². The van der Waals surface area contributed by atoms with Crippen LogP contribution >= 0.6 is 11.3 Å². The van der Waals surface area contributed by atoms with E-state index < -0.39 is 0 Å². The lowest BCUT2D eigenvalue weighted by atomic mass is 10.1. The van der Waals surface area contributed by atoms with E-state index in [1.54, 1.807) is 11.3 Å². The third-order valence-corrected chi connectivity index (χ3v) is 8.91. The predicted octanol–water partition coefficient (Wildman–Crippen LogP) is 4.45. The molecule has 0 radical (unpaired) electrons. The van der Waals surface area contributed by atoms with E-state index in [2.05, 4.69) is 90.4 Å². The first-order valence-electron chi connectivity index (χ1n) is 15.6. The molecule has 6 rings (SSSR count). The van der Waals surface area contributed by atoms with Crippen LogP contribution in [0, 0.1) is 0 Å². The molecule has 4 aromatic rings. The summed E-state index contributed by atoms with van der Waals surface area (Å²) < 4.78 is 0. The SMILES string of the molecule is C(=NCCCN1CCNCC1)c1ccc(-c2nc(-c3ccc(C=NCCCN4CCNCC4)cc3)c3ccsc3n2)cc1. The second-order valence-electron chi connectivity index (χ2n) is 11.2. The first-order chi connectivity index (χ1) is 21.3. The molecule has 2 aromatic carbocycles. The Bertz CT molecular complexity index is 1480. The molecule has 9 heteroatoms. The molecule has 2 saturated heterocycles. The van der Waals surface area contributed by atoms with Crippen LogP contribution in [-0.2, 0) is 0 Å². The maximum Gasteiger partial charge on any atom is 0.161 e. The average Bonchev–Trinajstić information content (AvgIpc) is 3.55. The second-order valence-corrected chi connectivity index (χ2v) is 12.1. The van der Waals surface area contributed by atoms with Crippen LogP contribution in [-0.4, -0.2) is 111 Å². The van der Waals surface area contributed by atoms with E-state index >= 15 is 0 Å². The lowest BCUT2D eigenvalue weighted by molar-refractivity contribution is 0.240. The van der Waals surface area contributed by atoms with Crippen molar-refractivity contribution in [2.45, 2.75) is 12.8 Å². The van der Waals surface area contributed by atoms with Gasteiger partial charge in [0, 0.05) is 94.4 Å². The number of hydrogen-bond acceptors (Lipinski definition) is 9. The van der Waals surface area contributed by atoms with Crippen molar-refractivity contribution in [3.8, 4) is 22.6 Å². The number of nitrogens with one attached hydrogen (secondary N) is 2. The molecule has 0 amide bonds. The van der Waals surface area contributed by atoms with E-state index in [0.717, 1.165) is 135 Å². The lowest BCUT2D eigenvalue weighted by Gasteiger charge is -2.26. The fourth-order valence-corrected chi connectivity index (χ4v) is 6.39. The summed E-state index contributed by atoms with van der Waals surface area (Å²) >= 11 is 1.66. The molecule has 2 aliphatic heterocycles. The van der Waals surface area contributed by atoms with Crippen LogP contribution in [0.5, 0.6) is 0 Å². The molecule has 43 heavy (non-hydrogen) atoms. The van der Waals surface area contributed by atoms with Crippen molar-refractivity contribution in [1.29, 1.82) is 0 Å². The monoisotopic (exact) mass is 594 g/mol. The summed E-state index contributed by atoms with van der Waals surface area (Å²) in [5.41, 5.74) is 5.28. The van der Waals surface area contributed by atoms with Gasteiger partial charge in [-0.05, 0) is 48.5 Å². The first kappa shape index (κ1) is 29.7. The van der Waals surface area contributed by atoms with Crippen LogP contribution in [0.15, 0.2) is 70.0 Å². The third-order valence-electron chi connectivity index (χ3n) is 8.10. The number of piperazine rings is 2. The summed E-state index contributed by atoms with van der Waals surface area (Å²) in [4.78, 5) is 25.3. The molecule has 0 spiro atoms. The highest BCUT2D eigenvalue weighted by atomic mass is 32.1. The summed E-state index contributed by atoms with van der Waals surface area (Å²) in [7, 11) is 0. The number of benzene rings is 2. The molecule has 0 unspecified atom stereocenters. The Labute approximate surface area is 259 Å². The van der Waals surface area contributed by atoms with Crippen LogP contribution in [0.4, 0.5) is 0 Å². The van der Waals surface area contributed by atoms with Gasteiger partial charge in [-0.3, -0.25) is 9.98 Å². The van der Waals surface area contributed by atoms with Gasteiger partial charge in [0.05, 0.1) is 5.69 Å². The van der Waals surface area contributed by atoms with E-state index in [1.165, 1.54) is 0 Å². The quantitative estimate of drug-likeness (QED) is 0.186. The fourth-order valence-electron chi connectivity index (χ4n) is 5.63. The van der Waals surface area contributed by atoms with Crippen molar-refractivity contribution in [3.63, 3.8) is 0 Å². The van der Waals surface area contributed by atoms with E-state index in [4.69, 9.17) is 9.97 Å². The summed E-state index contributed by atoms with van der Waals surface area (Å²) in [6, 6.07) is 19.1. The third kappa shape index (κ3) is 8.40. The zero-order valence-electron chi connectivity index (χ0n) is 24.9. The van der Waals surface area contributed by atoms with Gasteiger partial charge in [0.1, 0.15) is 4.83 Å². The van der Waals surface area contributed by atoms with Crippen LogP contribution in [0.1, 0.15) is 24.0 Å². The van der Waals surface area contributed by atoms with Crippen LogP contribution < -0.4 is 10.6 Å². The molecular weight excluding hydrogens is 552 g/mol. The standard InChI is InChI=1S/C34H42N8S/c1(18-41-20-14-35-15-21-41)12-37-25-27-3-7-29(8-4-27)32-31-11-24-43-34(31)40-33(39-32)30-9-5-28(6-10-30)26-38-13-2-19-42-22-16-36-17-23-42/h3-11,24-26,35-36H,1-2,12-23H2. The maximum atomic E-state index is 5.04. The van der Waals surface area contributed by atoms with E-state index in [-0.39, 0.29) is 0 Å². The molecule has 0 saturated carbocycles. The van der Waals surface area contributed by atoms with Crippen molar-refractivity contribution in [1.82, 2.24) is 30.4 Å². The van der Waals surface area contributed by atoms with Gasteiger partial charge in [-0.15, -0.1) is 11.3 Å². The average molecular weight is 595 g/mol. The minimum atomic E-state index is 0.750. The number of rotatable bonds is 12. The Morgan fingerprint density at radius 1 is 0.674 bits per heavy atom. The highest BCUT2D eigenvalue weighted by Crippen LogP contribution is 2.32. The lowest BCUT2D eigenvalue weighted by Crippen LogP contribution is -2.43. The van der Waals surface area contributed by atoms with E-state index in [0.29, 0.717) is 0 Å². The smallest absolute Gasteiger partial charge is 0.161 e. The van der Waals surface area contributed by atoms with Crippen LogP contribution in [0.3, 0.4) is 0 Å². The maximum absolute atomic E-state index is 5.04. The molecule has 0 bridgehead atoms. The van der Waals surface area contributed by atoms with Gasteiger partial charge in [0.15, 0.2) is 5.82 Å². The molecule has 2 fully saturated rings. The van der Waals surface area contributed by atoms with Gasteiger partial charge >= 0.3 is 0 Å². The topological polar surface area (TPSA) is 81.0 Å². The van der Waals surface area contributed by atoms with Gasteiger partial charge < -0.3 is 20.4 Å². The Balaban J connectivity index is 1.06. The highest BCUT2D eigenvalue weighted by molar-refractivity contribution is 7.16. The van der Waals surface area contributed by atoms with Crippen LogP contribution in [0.25, 0.3) is 32.9 Å². The number of aliphatic imine (C=N–C) groups is 2. The second kappa shape index (κ2) is 15.4. The predicted molar refractivity (Wildman–Crippen MR) is 181 cm³/mol. The summed E-state index contributed by atoms with van der Waals surface area (Å²) in [6.07, 6.45) is 6.16. The largest absolute Gasteiger partial charge is 0.314 e. The first-order valence-corrected chi connectivity index (χ1v) is 16.5. The fraction of sp³-hybridized carbons (Fsp3) is 0.412. The highest BCUT2D eigenvalue weighted by Gasteiger charge is 2.13. The summed E-state index contributed by atoms with van der Waals surface area (Å²) in [6.45, 7) is 12.9. The van der Waals surface area contributed by atoms with Gasteiger partial charge in [-0.1, -0.05) is 48.5 Å². The normalized spacial score (nSPS) is 17.0. The van der Waals surface area contributed by atoms with Crippen molar-refractivity contribution in [2.75, 3.05) is 78.5 Å². The van der Waals surface area contributed by atoms with Gasteiger partial charge in [0.2, 0.25) is 0 Å². The zero-order valence-corrected chi connectivity index (χ0v) is 25.7. The molecular formula is C34H42N8S. The minimum absolute atomic E-state index is 0.750. The molecule has 224 valence electrons. The molecule has 2 N–H and O–H groups in total. The Morgan fingerprint density at radius 2 is 1.21 bits per heavy atom.